The van der Waals surface area contributed by atoms with Crippen molar-refractivity contribution in [3.63, 3.8) is 0 Å². The van der Waals surface area contributed by atoms with Crippen LogP contribution < -0.4 is 0 Å². The van der Waals surface area contributed by atoms with Gasteiger partial charge in [-0.05, 0) is 113 Å². The van der Waals surface area contributed by atoms with Crippen molar-refractivity contribution in [1.29, 1.82) is 0 Å². The lowest BCUT2D eigenvalue weighted by molar-refractivity contribution is 0.0990. The van der Waals surface area contributed by atoms with Gasteiger partial charge in [-0.3, -0.25) is 9.59 Å². The highest BCUT2D eigenvalue weighted by molar-refractivity contribution is 6.42. The molecule has 0 saturated carbocycles. The lowest BCUT2D eigenvalue weighted by Crippen LogP contribution is -2.14. The van der Waals surface area contributed by atoms with Crippen LogP contribution in [0.4, 0.5) is 0 Å². The molecule has 0 aromatic heterocycles. The summed E-state index contributed by atoms with van der Waals surface area (Å²) in [5.74, 6) is -0.404. The summed E-state index contributed by atoms with van der Waals surface area (Å²) in [7, 11) is 0. The van der Waals surface area contributed by atoms with E-state index >= 15 is 0 Å². The summed E-state index contributed by atoms with van der Waals surface area (Å²) >= 11 is 0. The predicted octanol–water partition coefficient (Wildman–Crippen LogP) is 11.1. The first-order chi connectivity index (χ1) is 22.9. The summed E-state index contributed by atoms with van der Waals surface area (Å²) in [6, 6.07) is 44.6. The van der Waals surface area contributed by atoms with E-state index in [1.54, 1.807) is 6.08 Å². The average molecular weight is 601 g/mol. The molecule has 3 aliphatic carbocycles. The molecule has 3 aliphatic rings. The second-order valence-electron chi connectivity index (χ2n) is 13.6. The Morgan fingerprint density at radius 3 is 1.87 bits per heavy atom. The van der Waals surface area contributed by atoms with Crippen LogP contribution in [0.2, 0.25) is 0 Å². The number of carbonyl (C=O) groups is 2. The van der Waals surface area contributed by atoms with E-state index in [0.29, 0.717) is 11.1 Å². The fourth-order valence-corrected chi connectivity index (χ4v) is 8.40. The van der Waals surface area contributed by atoms with Crippen molar-refractivity contribution in [2.45, 2.75) is 19.3 Å². The van der Waals surface area contributed by atoms with Crippen LogP contribution in [0.3, 0.4) is 0 Å². The van der Waals surface area contributed by atoms with Crippen LogP contribution in [0.5, 0.6) is 0 Å². The highest BCUT2D eigenvalue weighted by Crippen LogP contribution is 2.52. The highest BCUT2D eigenvalue weighted by atomic mass is 16.2. The first kappa shape index (κ1) is 26.4. The Labute approximate surface area is 272 Å². The number of carbonyl (C=O) groups excluding carboxylic acids is 2. The molecular weight excluding hydrogens is 572 g/mol. The SMILES string of the molecule is CC1(C)c2ccccc2-c2ccc(-c3ccc4c5c(cccc35)-c3cc(C=C5C(=O)c6cc7ccccc7cc6C5=O)ccc3-4)cc21. The molecule has 0 fully saturated rings. The molecule has 0 bridgehead atoms. The van der Waals surface area contributed by atoms with Gasteiger partial charge >= 0.3 is 0 Å². The van der Waals surface area contributed by atoms with Gasteiger partial charge < -0.3 is 0 Å². The molecule has 0 spiro atoms. The van der Waals surface area contributed by atoms with Crippen molar-refractivity contribution >= 4 is 39.2 Å². The minimum Gasteiger partial charge on any atom is -0.288 e. The number of hydrogen-bond donors (Lipinski definition) is 0. The highest BCUT2D eigenvalue weighted by Gasteiger charge is 2.36. The van der Waals surface area contributed by atoms with Crippen LogP contribution >= 0.6 is 0 Å². The van der Waals surface area contributed by atoms with Crippen LogP contribution in [-0.2, 0) is 5.41 Å². The second kappa shape index (κ2) is 9.11. The van der Waals surface area contributed by atoms with Crippen LogP contribution in [0.1, 0.15) is 51.3 Å². The van der Waals surface area contributed by atoms with Gasteiger partial charge in [0, 0.05) is 16.5 Å². The van der Waals surface area contributed by atoms with Gasteiger partial charge in [-0.2, -0.15) is 0 Å². The number of benzene rings is 7. The number of Topliss-reactive ketones (excluding diaryl/α,β-unsaturated/α-hetero) is 2. The first-order valence-corrected chi connectivity index (χ1v) is 16.2. The minimum absolute atomic E-state index is 0.0606. The molecule has 10 rings (SSSR count). The second-order valence-corrected chi connectivity index (χ2v) is 13.6. The normalized spacial score (nSPS) is 14.8. The van der Waals surface area contributed by atoms with Gasteiger partial charge in [-0.25, -0.2) is 0 Å². The van der Waals surface area contributed by atoms with Crippen LogP contribution in [0.15, 0.2) is 133 Å². The van der Waals surface area contributed by atoms with E-state index in [9.17, 15) is 9.59 Å². The van der Waals surface area contributed by atoms with Gasteiger partial charge in [-0.15, -0.1) is 0 Å². The van der Waals surface area contributed by atoms with Gasteiger partial charge in [0.25, 0.3) is 0 Å². The zero-order valence-corrected chi connectivity index (χ0v) is 26.0. The Hall–Kier alpha value is -5.86. The molecule has 0 heterocycles. The lowest BCUT2D eigenvalue weighted by Gasteiger charge is -2.22. The molecule has 0 saturated heterocycles. The monoisotopic (exact) mass is 600 g/mol. The predicted molar refractivity (Wildman–Crippen MR) is 192 cm³/mol. The molecule has 0 unspecified atom stereocenters. The number of fused-ring (bicyclic) bond motifs is 8. The van der Waals surface area contributed by atoms with E-state index in [1.165, 1.54) is 60.8 Å². The van der Waals surface area contributed by atoms with Crippen molar-refractivity contribution in [3.8, 4) is 44.5 Å². The van der Waals surface area contributed by atoms with Crippen LogP contribution in [0, 0.1) is 0 Å². The molecule has 7 aromatic rings. The van der Waals surface area contributed by atoms with Gasteiger partial charge in [0.05, 0.1) is 5.57 Å². The smallest absolute Gasteiger partial charge is 0.197 e. The quantitative estimate of drug-likeness (QED) is 0.146. The number of allylic oxidation sites excluding steroid dienone is 1. The first-order valence-electron chi connectivity index (χ1n) is 16.2. The van der Waals surface area contributed by atoms with Crippen molar-refractivity contribution < 1.29 is 9.59 Å². The standard InChI is InChI=1S/C45H28O2/c1-45(2)40-13-6-5-10-31(40)32-17-15-28(24-41(32)45)29-18-19-35-30-16-14-25(20-36(30)34-12-7-11-33(29)42(34)35)21-39-43(46)37-22-26-8-3-4-9-27(26)23-38(37)44(39)47/h3-24H,1-2H3. The summed E-state index contributed by atoms with van der Waals surface area (Å²) in [5.41, 5.74) is 14.6. The molecule has 7 aromatic carbocycles. The third-order valence-electron chi connectivity index (χ3n) is 10.7. The van der Waals surface area contributed by atoms with E-state index in [0.717, 1.165) is 21.9 Å². The number of ketones is 2. The number of hydrogen-bond acceptors (Lipinski definition) is 2. The van der Waals surface area contributed by atoms with Crippen molar-refractivity contribution in [3.05, 3.63) is 161 Å². The fraction of sp³-hybridized carbons (Fsp3) is 0.0667. The maximum Gasteiger partial charge on any atom is 0.197 e. The average Bonchev–Trinajstić information content (AvgIpc) is 3.63. The summed E-state index contributed by atoms with van der Waals surface area (Å²) in [4.78, 5) is 27.0. The molecule has 0 radical (unpaired) electrons. The third-order valence-corrected chi connectivity index (χ3v) is 10.7. The van der Waals surface area contributed by atoms with Crippen LogP contribution in [-0.4, -0.2) is 11.6 Å². The molecular formula is C45H28O2. The molecule has 47 heavy (non-hydrogen) atoms. The maximum atomic E-state index is 13.5. The fourth-order valence-electron chi connectivity index (χ4n) is 8.40. The van der Waals surface area contributed by atoms with E-state index in [4.69, 9.17) is 0 Å². The van der Waals surface area contributed by atoms with Gasteiger partial charge in [-0.1, -0.05) is 117 Å². The third kappa shape index (κ3) is 3.50. The van der Waals surface area contributed by atoms with Gasteiger partial charge in [0.15, 0.2) is 11.6 Å². The Kier molecular flexibility index (Phi) is 5.11. The summed E-state index contributed by atoms with van der Waals surface area (Å²) in [5, 5.41) is 4.41. The molecule has 0 aliphatic heterocycles. The zero-order chi connectivity index (χ0) is 31.6. The van der Waals surface area contributed by atoms with Crippen molar-refractivity contribution in [1.82, 2.24) is 0 Å². The maximum absolute atomic E-state index is 13.5. The summed E-state index contributed by atoms with van der Waals surface area (Å²) < 4.78 is 0. The van der Waals surface area contributed by atoms with Gasteiger partial charge in [0.2, 0.25) is 0 Å². The topological polar surface area (TPSA) is 34.1 Å². The largest absolute Gasteiger partial charge is 0.288 e. The molecule has 0 N–H and O–H groups in total. The van der Waals surface area contributed by atoms with E-state index in [2.05, 4.69) is 98.8 Å². The van der Waals surface area contributed by atoms with Crippen molar-refractivity contribution in [2.24, 2.45) is 0 Å². The number of rotatable bonds is 2. The Morgan fingerprint density at radius 2 is 1.09 bits per heavy atom. The van der Waals surface area contributed by atoms with Crippen molar-refractivity contribution in [2.75, 3.05) is 0 Å². The van der Waals surface area contributed by atoms with E-state index in [-0.39, 0.29) is 22.6 Å². The molecule has 2 nitrogen and oxygen atoms in total. The molecule has 0 atom stereocenters. The van der Waals surface area contributed by atoms with Gasteiger partial charge in [0.1, 0.15) is 0 Å². The van der Waals surface area contributed by atoms with Crippen LogP contribution in [0.25, 0.3) is 72.1 Å². The Morgan fingerprint density at radius 1 is 0.468 bits per heavy atom. The Bertz CT molecular complexity index is 2570. The summed E-state index contributed by atoms with van der Waals surface area (Å²) in [6.07, 6.45) is 1.77. The molecule has 2 heteroatoms. The lowest BCUT2D eigenvalue weighted by atomic mass is 9.81. The van der Waals surface area contributed by atoms with E-state index in [1.807, 2.05) is 42.5 Å². The molecule has 220 valence electrons. The summed E-state index contributed by atoms with van der Waals surface area (Å²) in [6.45, 7) is 4.65. The van der Waals surface area contributed by atoms with E-state index < -0.39 is 0 Å². The molecule has 0 amide bonds. The minimum atomic E-state index is -0.202. The zero-order valence-electron chi connectivity index (χ0n) is 26.0. The Balaban J connectivity index is 1.07.